The highest BCUT2D eigenvalue weighted by Crippen LogP contribution is 2.43. The predicted octanol–water partition coefficient (Wildman–Crippen LogP) is 8.09. The summed E-state index contributed by atoms with van der Waals surface area (Å²) < 4.78 is 145. The number of amides is 1. The zero-order valence-corrected chi connectivity index (χ0v) is 25.6. The van der Waals surface area contributed by atoms with E-state index in [0.29, 0.717) is 18.6 Å². The minimum absolute atomic E-state index is 0.00552. The van der Waals surface area contributed by atoms with Crippen molar-refractivity contribution >= 4 is 28.8 Å². The molecule has 2 heterocycles. The Bertz CT molecular complexity index is 1620. The van der Waals surface area contributed by atoms with Crippen molar-refractivity contribution in [3.63, 3.8) is 0 Å². The van der Waals surface area contributed by atoms with Gasteiger partial charge < -0.3 is 10.1 Å². The van der Waals surface area contributed by atoms with Gasteiger partial charge in [0, 0.05) is 12.5 Å². The summed E-state index contributed by atoms with van der Waals surface area (Å²) in [4.78, 5) is 22.1. The number of rotatable bonds is 8. The molecule has 256 valence electrons. The lowest BCUT2D eigenvalue weighted by Crippen LogP contribution is -2.46. The molecule has 47 heavy (non-hydrogen) atoms. The van der Waals surface area contributed by atoms with Crippen LogP contribution in [0.25, 0.3) is 0 Å². The number of alkyl halides is 9. The van der Waals surface area contributed by atoms with Crippen molar-refractivity contribution in [3.05, 3.63) is 76.1 Å². The maximum Gasteiger partial charge on any atom is 0.416 e. The van der Waals surface area contributed by atoms with Gasteiger partial charge in [0.2, 0.25) is 5.95 Å². The summed E-state index contributed by atoms with van der Waals surface area (Å²) in [7, 11) is 1.04. The van der Waals surface area contributed by atoms with Crippen LogP contribution in [0.4, 0.5) is 55.9 Å². The standard InChI is InChI=1S/C29H27F9N4O4S/c1-4-19-13-21(20-12-16(27(30,31)32)6-7-23(20)42(19)26(43)46-5-2)40-25-39-14-24(47(44)45-3)22(41-25)10-15-8-17(28(33,34)35)11-18(9-15)29(36,37)38/h6-9,11-12,14,19,21H,4-5,10,13H2,1-3H3,(H,39,40,41)/t19-,21+,47?/m1/s1. The van der Waals surface area contributed by atoms with Crippen LogP contribution in [0.15, 0.2) is 47.5 Å². The summed E-state index contributed by atoms with van der Waals surface area (Å²) in [5.41, 5.74) is -4.75. The zero-order chi connectivity index (χ0) is 34.9. The lowest BCUT2D eigenvalue weighted by Gasteiger charge is -2.40. The lowest BCUT2D eigenvalue weighted by molar-refractivity contribution is -0.143. The van der Waals surface area contributed by atoms with Crippen molar-refractivity contribution in [3.8, 4) is 0 Å². The fraction of sp³-hybridized carbons (Fsp3) is 0.414. The Labute approximate surface area is 264 Å². The second-order valence-corrected chi connectivity index (χ2v) is 11.6. The van der Waals surface area contributed by atoms with Crippen molar-refractivity contribution in [1.29, 1.82) is 0 Å². The van der Waals surface area contributed by atoms with Gasteiger partial charge >= 0.3 is 24.6 Å². The topological polar surface area (TPSA) is 93.7 Å². The lowest BCUT2D eigenvalue weighted by atomic mass is 9.89. The number of nitrogens with zero attached hydrogens (tertiary/aromatic N) is 3. The quantitative estimate of drug-likeness (QED) is 0.238. The van der Waals surface area contributed by atoms with E-state index in [1.54, 1.807) is 13.8 Å². The largest absolute Gasteiger partial charge is 0.449 e. The Hall–Kier alpha value is -3.93. The molecule has 0 bridgehead atoms. The van der Waals surface area contributed by atoms with Gasteiger partial charge in [-0.25, -0.2) is 19.0 Å². The van der Waals surface area contributed by atoms with E-state index < -0.39 is 76.5 Å². The average Bonchev–Trinajstić information content (AvgIpc) is 2.99. The Morgan fingerprint density at radius 1 is 0.957 bits per heavy atom. The van der Waals surface area contributed by atoms with Crippen molar-refractivity contribution in [2.24, 2.45) is 0 Å². The molecule has 3 aromatic rings. The first kappa shape index (κ1) is 35.9. The molecule has 1 aromatic heterocycles. The minimum atomic E-state index is -5.12. The van der Waals surface area contributed by atoms with Crippen LogP contribution in [0.3, 0.4) is 0 Å². The second-order valence-electron chi connectivity index (χ2n) is 10.3. The number of carbonyl (C=O) groups excluding carboxylic acids is 1. The van der Waals surface area contributed by atoms with Gasteiger partial charge in [0.1, 0.15) is 4.90 Å². The minimum Gasteiger partial charge on any atom is -0.449 e. The molecule has 3 atom stereocenters. The third-order valence-corrected chi connectivity index (χ3v) is 8.28. The molecule has 0 fully saturated rings. The molecule has 0 aliphatic carbocycles. The van der Waals surface area contributed by atoms with E-state index in [-0.39, 0.29) is 46.9 Å². The highest BCUT2D eigenvalue weighted by Gasteiger charge is 2.40. The molecule has 4 rings (SSSR count). The molecule has 0 spiro atoms. The molecule has 0 saturated heterocycles. The molecule has 1 N–H and O–H groups in total. The normalized spacial score (nSPS) is 17.7. The van der Waals surface area contributed by atoms with Crippen LogP contribution in [-0.2, 0) is 45.0 Å². The first-order valence-corrected chi connectivity index (χ1v) is 15.0. The SMILES string of the molecule is CCOC(=O)N1c2ccc(C(F)(F)F)cc2[C@@H](Nc2ncc(S(=O)OC)c(Cc3cc(C(F)(F)F)cc(C(F)(F)F)c3)n2)C[C@H]1CC. The summed E-state index contributed by atoms with van der Waals surface area (Å²) in [6, 6.07) is 2.22. The highest BCUT2D eigenvalue weighted by molar-refractivity contribution is 7.80. The number of ether oxygens (including phenoxy) is 1. The molecule has 1 amide bonds. The van der Waals surface area contributed by atoms with E-state index in [1.165, 1.54) is 4.90 Å². The van der Waals surface area contributed by atoms with Crippen LogP contribution in [0.1, 0.15) is 66.2 Å². The number of hydrogen-bond donors (Lipinski definition) is 1. The van der Waals surface area contributed by atoms with E-state index in [9.17, 15) is 48.5 Å². The summed E-state index contributed by atoms with van der Waals surface area (Å²) in [6.07, 6.45) is -15.1. The van der Waals surface area contributed by atoms with Crippen molar-refractivity contribution in [2.75, 3.05) is 23.9 Å². The molecule has 0 radical (unpaired) electrons. The molecular weight excluding hydrogens is 671 g/mol. The van der Waals surface area contributed by atoms with Gasteiger partial charge in [0.15, 0.2) is 11.1 Å². The van der Waals surface area contributed by atoms with Gasteiger partial charge in [-0.05, 0) is 67.3 Å². The van der Waals surface area contributed by atoms with Gasteiger partial charge in [-0.2, -0.15) is 39.5 Å². The number of aromatic nitrogens is 2. The number of carbonyl (C=O) groups is 1. The Morgan fingerprint density at radius 3 is 2.11 bits per heavy atom. The number of halogens is 9. The van der Waals surface area contributed by atoms with Crippen molar-refractivity contribution < 1.29 is 57.4 Å². The van der Waals surface area contributed by atoms with Crippen LogP contribution in [-0.4, -0.2) is 40.0 Å². The summed E-state index contributed by atoms with van der Waals surface area (Å²) in [6.45, 7) is 3.32. The molecule has 1 aliphatic heterocycles. The summed E-state index contributed by atoms with van der Waals surface area (Å²) in [5, 5.41) is 2.89. The second kappa shape index (κ2) is 13.7. The smallest absolute Gasteiger partial charge is 0.416 e. The first-order valence-electron chi connectivity index (χ1n) is 13.9. The first-order chi connectivity index (χ1) is 21.9. The van der Waals surface area contributed by atoms with Crippen LogP contribution < -0.4 is 10.2 Å². The van der Waals surface area contributed by atoms with E-state index >= 15 is 0 Å². The predicted molar refractivity (Wildman–Crippen MR) is 151 cm³/mol. The van der Waals surface area contributed by atoms with Gasteiger partial charge in [-0.3, -0.25) is 9.08 Å². The molecule has 1 aliphatic rings. The maximum absolute atomic E-state index is 13.7. The number of fused-ring (bicyclic) bond motifs is 1. The third-order valence-electron chi connectivity index (χ3n) is 7.28. The van der Waals surface area contributed by atoms with E-state index in [1.807, 2.05) is 0 Å². The Balaban J connectivity index is 1.80. The molecular formula is C29H27F9N4O4S. The van der Waals surface area contributed by atoms with Crippen LogP contribution in [0.2, 0.25) is 0 Å². The molecule has 18 heteroatoms. The van der Waals surface area contributed by atoms with Crippen molar-refractivity contribution in [1.82, 2.24) is 9.97 Å². The molecule has 8 nitrogen and oxygen atoms in total. The average molecular weight is 699 g/mol. The van der Waals surface area contributed by atoms with Gasteiger partial charge in [-0.1, -0.05) is 6.92 Å². The van der Waals surface area contributed by atoms with Gasteiger partial charge in [-0.15, -0.1) is 0 Å². The maximum atomic E-state index is 13.7. The van der Waals surface area contributed by atoms with Crippen LogP contribution in [0, 0.1) is 0 Å². The monoisotopic (exact) mass is 698 g/mol. The highest BCUT2D eigenvalue weighted by atomic mass is 32.2. The summed E-state index contributed by atoms with van der Waals surface area (Å²) in [5.74, 6) is -0.285. The Kier molecular flexibility index (Phi) is 10.4. The van der Waals surface area contributed by atoms with Gasteiger partial charge in [0.05, 0.1) is 54.0 Å². The van der Waals surface area contributed by atoms with Gasteiger partial charge in [0.25, 0.3) is 0 Å². The molecule has 1 unspecified atom stereocenters. The van der Waals surface area contributed by atoms with E-state index in [2.05, 4.69) is 15.3 Å². The van der Waals surface area contributed by atoms with E-state index in [4.69, 9.17) is 8.92 Å². The molecule has 0 saturated carbocycles. The van der Waals surface area contributed by atoms with E-state index in [0.717, 1.165) is 31.5 Å². The fourth-order valence-electron chi connectivity index (χ4n) is 5.16. The zero-order valence-electron chi connectivity index (χ0n) is 24.8. The number of benzene rings is 2. The Morgan fingerprint density at radius 2 is 1.57 bits per heavy atom. The number of nitrogens with one attached hydrogen (secondary N) is 1. The number of anilines is 2. The van der Waals surface area contributed by atoms with Crippen LogP contribution in [0.5, 0.6) is 0 Å². The number of hydrogen-bond acceptors (Lipinski definition) is 7. The van der Waals surface area contributed by atoms with Crippen LogP contribution >= 0.6 is 0 Å². The van der Waals surface area contributed by atoms with Crippen molar-refractivity contribution in [2.45, 2.75) is 68.6 Å². The fourth-order valence-corrected chi connectivity index (χ4v) is 5.79. The summed E-state index contributed by atoms with van der Waals surface area (Å²) >= 11 is -2.28. The third kappa shape index (κ3) is 8.14. The molecule has 2 aromatic carbocycles.